The molecule has 4 heterocycles. The molecule has 2 aromatic rings. The van der Waals surface area contributed by atoms with Crippen LogP contribution in [0.1, 0.15) is 23.2 Å². The SMILES string of the molecule is CN1C(=O)[C@H]2CC[C@@H]1CN(S(=O)(=O)c1ccc3c4c(cccc14)C(=O)N3)C2. The normalized spacial score (nSPS) is 25.1. The molecular weight excluding hydrogens is 366 g/mol. The van der Waals surface area contributed by atoms with Gasteiger partial charge >= 0.3 is 0 Å². The van der Waals surface area contributed by atoms with Gasteiger partial charge in [0.05, 0.1) is 10.8 Å². The van der Waals surface area contributed by atoms with Crippen LogP contribution in [0.25, 0.3) is 10.8 Å². The third-order valence-corrected chi connectivity index (χ3v) is 7.93. The fourth-order valence-electron chi connectivity index (χ4n) is 4.54. The van der Waals surface area contributed by atoms with E-state index in [0.717, 1.165) is 12.8 Å². The number of sulfonamides is 1. The van der Waals surface area contributed by atoms with Gasteiger partial charge in [-0.05, 0) is 31.0 Å². The standard InChI is InChI=1S/C19H19N3O4S/c1-21-12-6-5-11(19(21)24)9-22(10-12)27(25,26)16-8-7-15-17-13(16)3-2-4-14(17)18(23)20-15/h2-4,7-8,11-12H,5-6,9-10H2,1H3,(H,20,23)/t11-,12+/m0/s1. The summed E-state index contributed by atoms with van der Waals surface area (Å²) in [5, 5.41) is 3.97. The van der Waals surface area contributed by atoms with Gasteiger partial charge in [0.15, 0.2) is 0 Å². The molecule has 140 valence electrons. The number of carbonyl (C=O) groups is 2. The number of hydrogen-bond donors (Lipinski definition) is 1. The van der Waals surface area contributed by atoms with Gasteiger partial charge in [-0.1, -0.05) is 12.1 Å². The van der Waals surface area contributed by atoms with Gasteiger partial charge in [-0.3, -0.25) is 9.59 Å². The average Bonchev–Trinajstić information content (AvgIpc) is 2.81. The van der Waals surface area contributed by atoms with Crippen molar-refractivity contribution < 1.29 is 18.0 Å². The van der Waals surface area contributed by atoms with E-state index in [0.29, 0.717) is 28.6 Å². The molecule has 0 saturated carbocycles. The van der Waals surface area contributed by atoms with Gasteiger partial charge in [0.25, 0.3) is 5.91 Å². The Bertz CT molecular complexity index is 1110. The Balaban J connectivity index is 1.64. The number of nitrogens with zero attached hydrogens (tertiary/aromatic N) is 2. The minimum absolute atomic E-state index is 0.0270. The van der Waals surface area contributed by atoms with E-state index in [9.17, 15) is 18.0 Å². The first-order chi connectivity index (χ1) is 12.9. The third kappa shape index (κ3) is 2.26. The van der Waals surface area contributed by atoms with Crippen molar-refractivity contribution in [1.29, 1.82) is 0 Å². The molecule has 6 rings (SSSR count). The monoisotopic (exact) mass is 385 g/mol. The zero-order chi connectivity index (χ0) is 18.9. The summed E-state index contributed by atoms with van der Waals surface area (Å²) < 4.78 is 28.5. The molecule has 2 aromatic carbocycles. The van der Waals surface area contributed by atoms with Crippen LogP contribution in [-0.2, 0) is 14.8 Å². The summed E-state index contributed by atoms with van der Waals surface area (Å²) in [6, 6.07) is 8.25. The lowest BCUT2D eigenvalue weighted by molar-refractivity contribution is -0.138. The number of amides is 2. The van der Waals surface area contributed by atoms with E-state index in [1.54, 1.807) is 42.3 Å². The second kappa shape index (κ2) is 5.53. The lowest BCUT2D eigenvalue weighted by Crippen LogP contribution is -2.45. The number of piperidine rings is 1. The maximum atomic E-state index is 13.5. The number of benzene rings is 2. The summed E-state index contributed by atoms with van der Waals surface area (Å²) in [4.78, 5) is 26.4. The van der Waals surface area contributed by atoms with Crippen molar-refractivity contribution in [2.45, 2.75) is 23.8 Å². The van der Waals surface area contributed by atoms with Crippen molar-refractivity contribution in [2.24, 2.45) is 5.92 Å². The van der Waals surface area contributed by atoms with Gasteiger partial charge in [0.2, 0.25) is 15.9 Å². The summed E-state index contributed by atoms with van der Waals surface area (Å²) in [6.07, 6.45) is 1.54. The predicted molar refractivity (Wildman–Crippen MR) is 99.9 cm³/mol. The van der Waals surface area contributed by atoms with Crippen LogP contribution in [0, 0.1) is 5.92 Å². The van der Waals surface area contributed by atoms with Crippen LogP contribution >= 0.6 is 0 Å². The first kappa shape index (κ1) is 16.7. The second-order valence-corrected chi connectivity index (χ2v) is 9.40. The number of hydrogen-bond acceptors (Lipinski definition) is 4. The van der Waals surface area contributed by atoms with E-state index in [2.05, 4.69) is 5.32 Å². The molecule has 4 aliphatic rings. The van der Waals surface area contributed by atoms with Crippen LogP contribution in [0.3, 0.4) is 0 Å². The van der Waals surface area contributed by atoms with Gasteiger partial charge in [0.1, 0.15) is 0 Å². The van der Waals surface area contributed by atoms with Gasteiger partial charge in [-0.2, -0.15) is 4.31 Å². The molecule has 3 saturated heterocycles. The first-order valence-corrected chi connectivity index (χ1v) is 10.5. The maximum Gasteiger partial charge on any atom is 0.256 e. The number of nitrogens with one attached hydrogen (secondary N) is 1. The molecule has 8 heteroatoms. The Kier molecular flexibility index (Phi) is 3.42. The highest BCUT2D eigenvalue weighted by molar-refractivity contribution is 7.89. The number of anilines is 1. The summed E-state index contributed by atoms with van der Waals surface area (Å²) in [5.74, 6) is -0.479. The van der Waals surface area contributed by atoms with Crippen molar-refractivity contribution in [3.63, 3.8) is 0 Å². The predicted octanol–water partition coefficient (Wildman–Crippen LogP) is 1.65. The quantitative estimate of drug-likeness (QED) is 0.852. The second-order valence-electron chi connectivity index (χ2n) is 7.49. The number of likely N-dealkylation sites (N-methyl/N-ethyl adjacent to an activating group) is 1. The van der Waals surface area contributed by atoms with Crippen LogP contribution < -0.4 is 5.32 Å². The van der Waals surface area contributed by atoms with Crippen LogP contribution in [0.2, 0.25) is 0 Å². The minimum Gasteiger partial charge on any atom is -0.341 e. The highest BCUT2D eigenvalue weighted by Gasteiger charge is 2.43. The Hall–Kier alpha value is -2.45. The van der Waals surface area contributed by atoms with E-state index < -0.39 is 10.0 Å². The zero-order valence-electron chi connectivity index (χ0n) is 14.8. The Labute approximate surface area is 157 Å². The molecule has 1 N–H and O–H groups in total. The summed E-state index contributed by atoms with van der Waals surface area (Å²) in [6.45, 7) is 0.517. The summed E-state index contributed by atoms with van der Waals surface area (Å²) >= 11 is 0. The molecule has 0 aromatic heterocycles. The Morgan fingerprint density at radius 1 is 1.07 bits per heavy atom. The maximum absolute atomic E-state index is 13.5. The highest BCUT2D eigenvalue weighted by Crippen LogP contribution is 2.38. The van der Waals surface area contributed by atoms with Crippen molar-refractivity contribution >= 4 is 38.3 Å². The van der Waals surface area contributed by atoms with Crippen LogP contribution in [0.5, 0.6) is 0 Å². The third-order valence-electron chi connectivity index (χ3n) is 6.04. The molecule has 3 fully saturated rings. The number of rotatable bonds is 2. The van der Waals surface area contributed by atoms with E-state index in [1.807, 2.05) is 0 Å². The molecule has 2 amide bonds. The Morgan fingerprint density at radius 3 is 2.70 bits per heavy atom. The topological polar surface area (TPSA) is 86.8 Å². The van der Waals surface area contributed by atoms with Crippen molar-refractivity contribution in [2.75, 3.05) is 25.5 Å². The van der Waals surface area contributed by atoms with Gasteiger partial charge in [-0.25, -0.2) is 8.42 Å². The van der Waals surface area contributed by atoms with Gasteiger partial charge in [-0.15, -0.1) is 0 Å². The fraction of sp³-hybridized carbons (Fsp3) is 0.368. The number of carbonyl (C=O) groups excluding carboxylic acids is 2. The minimum atomic E-state index is -3.79. The first-order valence-electron chi connectivity index (χ1n) is 9.02. The lowest BCUT2D eigenvalue weighted by atomic mass is 9.95. The molecule has 0 radical (unpaired) electrons. The van der Waals surface area contributed by atoms with E-state index in [-0.39, 0.29) is 35.2 Å². The van der Waals surface area contributed by atoms with Crippen molar-refractivity contribution in [3.8, 4) is 0 Å². The summed E-state index contributed by atoms with van der Waals surface area (Å²) in [5.41, 5.74) is 1.13. The smallest absolute Gasteiger partial charge is 0.256 e. The lowest BCUT2D eigenvalue weighted by Gasteiger charge is -2.32. The molecule has 2 bridgehead atoms. The molecule has 0 unspecified atom stereocenters. The summed E-state index contributed by atoms with van der Waals surface area (Å²) in [7, 11) is -2.04. The molecule has 0 spiro atoms. The van der Waals surface area contributed by atoms with Gasteiger partial charge in [0, 0.05) is 48.2 Å². The van der Waals surface area contributed by atoms with Crippen molar-refractivity contribution in [3.05, 3.63) is 35.9 Å². The van der Waals surface area contributed by atoms with E-state index >= 15 is 0 Å². The average molecular weight is 385 g/mol. The van der Waals surface area contributed by atoms with E-state index in [1.165, 1.54) is 4.31 Å². The van der Waals surface area contributed by atoms with Crippen LogP contribution in [-0.4, -0.2) is 55.6 Å². The van der Waals surface area contributed by atoms with Crippen LogP contribution in [0.15, 0.2) is 35.2 Å². The zero-order valence-corrected chi connectivity index (χ0v) is 15.6. The Morgan fingerprint density at radius 2 is 1.89 bits per heavy atom. The highest BCUT2D eigenvalue weighted by atomic mass is 32.2. The molecule has 27 heavy (non-hydrogen) atoms. The van der Waals surface area contributed by atoms with Crippen LogP contribution in [0.4, 0.5) is 5.69 Å². The molecule has 0 aliphatic carbocycles. The fourth-order valence-corrected chi connectivity index (χ4v) is 6.25. The van der Waals surface area contributed by atoms with E-state index in [4.69, 9.17) is 0 Å². The largest absolute Gasteiger partial charge is 0.341 e. The molecule has 7 nitrogen and oxygen atoms in total. The molecular formula is C19H19N3O4S. The molecule has 4 aliphatic heterocycles. The molecule has 2 atom stereocenters. The van der Waals surface area contributed by atoms with Crippen molar-refractivity contribution in [1.82, 2.24) is 9.21 Å². The van der Waals surface area contributed by atoms with Gasteiger partial charge < -0.3 is 10.2 Å². The number of fused-ring (bicyclic) bond motifs is 4.